The summed E-state index contributed by atoms with van der Waals surface area (Å²) in [4.78, 5) is 11.0. The highest BCUT2D eigenvalue weighted by Gasteiger charge is 2.08. The van der Waals surface area contributed by atoms with E-state index in [0.29, 0.717) is 18.1 Å². The quantitative estimate of drug-likeness (QED) is 0.442. The fourth-order valence-corrected chi connectivity index (χ4v) is 2.13. The number of carbonyl (C=O) groups is 1. The first kappa shape index (κ1) is 18.2. The lowest BCUT2D eigenvalue weighted by molar-refractivity contribution is -0.132. The van der Waals surface area contributed by atoms with Gasteiger partial charge in [-0.25, -0.2) is 4.79 Å². The second kappa shape index (κ2) is 11.0. The van der Waals surface area contributed by atoms with Crippen LogP contribution < -0.4 is 0 Å². The van der Waals surface area contributed by atoms with Gasteiger partial charge in [0.15, 0.2) is 0 Å². The van der Waals surface area contributed by atoms with E-state index < -0.39 is 5.97 Å². The summed E-state index contributed by atoms with van der Waals surface area (Å²) in [6, 6.07) is 0. The van der Waals surface area contributed by atoms with Crippen molar-refractivity contribution in [3.8, 4) is 0 Å². The number of unbranched alkanes of at least 4 members (excludes halogenated alkanes) is 4. The SMILES string of the molecule is CCC(C(=O)O)=C(C)CCCCCCCOC(C)C. The summed E-state index contributed by atoms with van der Waals surface area (Å²) >= 11 is 0. The topological polar surface area (TPSA) is 46.5 Å². The highest BCUT2D eigenvalue weighted by Crippen LogP contribution is 2.16. The Morgan fingerprint density at radius 2 is 1.68 bits per heavy atom. The van der Waals surface area contributed by atoms with Crippen molar-refractivity contribution in [1.29, 1.82) is 0 Å². The Bertz CT molecular complexity index is 280. The Labute approximate surface area is 118 Å². The lowest BCUT2D eigenvalue weighted by atomic mass is 10.0. The van der Waals surface area contributed by atoms with Crippen molar-refractivity contribution in [2.75, 3.05) is 6.61 Å². The molecule has 19 heavy (non-hydrogen) atoms. The maximum atomic E-state index is 11.0. The lowest BCUT2D eigenvalue weighted by Crippen LogP contribution is -2.03. The Kier molecular flexibility index (Phi) is 10.6. The Morgan fingerprint density at radius 3 is 2.21 bits per heavy atom. The standard InChI is InChI=1S/C16H30O3/c1-5-15(16(17)18)14(4)11-9-7-6-8-10-12-19-13(2)3/h13H,5-12H2,1-4H3,(H,17,18). The third kappa shape index (κ3) is 9.71. The molecule has 0 bridgehead atoms. The van der Waals surface area contributed by atoms with Gasteiger partial charge in [0.1, 0.15) is 0 Å². The number of carboxylic acids is 1. The van der Waals surface area contributed by atoms with E-state index in [1.165, 1.54) is 19.3 Å². The van der Waals surface area contributed by atoms with E-state index in [2.05, 4.69) is 13.8 Å². The first-order valence-corrected chi connectivity index (χ1v) is 7.52. The Hall–Kier alpha value is -0.830. The zero-order valence-electron chi connectivity index (χ0n) is 13.0. The minimum Gasteiger partial charge on any atom is -0.478 e. The van der Waals surface area contributed by atoms with E-state index in [-0.39, 0.29) is 0 Å². The fourth-order valence-electron chi connectivity index (χ4n) is 2.13. The molecule has 0 rings (SSSR count). The predicted molar refractivity (Wildman–Crippen MR) is 79.4 cm³/mol. The summed E-state index contributed by atoms with van der Waals surface area (Å²) in [6.45, 7) is 8.83. The van der Waals surface area contributed by atoms with Gasteiger partial charge in [0.05, 0.1) is 6.10 Å². The maximum Gasteiger partial charge on any atom is 0.331 e. The molecule has 0 amide bonds. The number of hydrogen-bond donors (Lipinski definition) is 1. The summed E-state index contributed by atoms with van der Waals surface area (Å²) in [6.07, 6.45) is 7.67. The molecule has 3 nitrogen and oxygen atoms in total. The normalized spacial score (nSPS) is 12.7. The monoisotopic (exact) mass is 270 g/mol. The minimum atomic E-state index is -0.758. The van der Waals surface area contributed by atoms with Crippen LogP contribution in [0.3, 0.4) is 0 Å². The van der Waals surface area contributed by atoms with Crippen molar-refractivity contribution in [2.24, 2.45) is 0 Å². The highest BCUT2D eigenvalue weighted by atomic mass is 16.5. The van der Waals surface area contributed by atoms with Gasteiger partial charge in [0.25, 0.3) is 0 Å². The summed E-state index contributed by atoms with van der Waals surface area (Å²) in [7, 11) is 0. The van der Waals surface area contributed by atoms with E-state index in [1.54, 1.807) is 0 Å². The molecule has 0 heterocycles. The van der Waals surface area contributed by atoms with Crippen molar-refractivity contribution in [2.45, 2.75) is 78.7 Å². The molecular weight excluding hydrogens is 240 g/mol. The number of ether oxygens (including phenoxy) is 1. The molecule has 0 fully saturated rings. The van der Waals surface area contributed by atoms with Crippen molar-refractivity contribution >= 4 is 5.97 Å². The van der Waals surface area contributed by atoms with Gasteiger partial charge in [-0.15, -0.1) is 0 Å². The molecule has 0 radical (unpaired) electrons. The van der Waals surface area contributed by atoms with Crippen LogP contribution in [0.5, 0.6) is 0 Å². The third-order valence-corrected chi connectivity index (χ3v) is 3.27. The molecule has 0 aromatic rings. The number of aliphatic carboxylic acids is 1. The average Bonchev–Trinajstić information content (AvgIpc) is 2.32. The van der Waals surface area contributed by atoms with Gasteiger partial charge in [0, 0.05) is 12.2 Å². The summed E-state index contributed by atoms with van der Waals surface area (Å²) < 4.78 is 5.49. The number of allylic oxidation sites excluding steroid dienone is 1. The van der Waals surface area contributed by atoms with E-state index in [4.69, 9.17) is 9.84 Å². The second-order valence-electron chi connectivity index (χ2n) is 5.35. The lowest BCUT2D eigenvalue weighted by Gasteiger charge is -2.08. The van der Waals surface area contributed by atoms with Crippen LogP contribution in [-0.2, 0) is 9.53 Å². The van der Waals surface area contributed by atoms with E-state index in [1.807, 2.05) is 13.8 Å². The third-order valence-electron chi connectivity index (χ3n) is 3.27. The molecule has 0 atom stereocenters. The first-order chi connectivity index (χ1) is 8.99. The molecule has 0 aromatic heterocycles. The smallest absolute Gasteiger partial charge is 0.331 e. The van der Waals surface area contributed by atoms with Crippen LogP contribution >= 0.6 is 0 Å². The molecular formula is C16H30O3. The van der Waals surface area contributed by atoms with Crippen LogP contribution in [0.25, 0.3) is 0 Å². The van der Waals surface area contributed by atoms with Gasteiger partial charge in [-0.2, -0.15) is 0 Å². The van der Waals surface area contributed by atoms with Gasteiger partial charge < -0.3 is 9.84 Å². The molecule has 0 saturated carbocycles. The van der Waals surface area contributed by atoms with Gasteiger partial charge >= 0.3 is 5.97 Å². The van der Waals surface area contributed by atoms with Gasteiger partial charge in [-0.05, 0) is 46.5 Å². The predicted octanol–water partition coefficient (Wildman–Crippen LogP) is 4.56. The van der Waals surface area contributed by atoms with E-state index in [9.17, 15) is 4.79 Å². The minimum absolute atomic E-state index is 0.330. The molecule has 3 heteroatoms. The van der Waals surface area contributed by atoms with Crippen LogP contribution in [-0.4, -0.2) is 23.8 Å². The van der Waals surface area contributed by atoms with Gasteiger partial charge in [0.2, 0.25) is 0 Å². The number of carboxylic acid groups (broad SMARTS) is 1. The van der Waals surface area contributed by atoms with Gasteiger partial charge in [-0.3, -0.25) is 0 Å². The van der Waals surface area contributed by atoms with E-state index in [0.717, 1.165) is 31.4 Å². The molecule has 0 aromatic carbocycles. The van der Waals surface area contributed by atoms with Crippen molar-refractivity contribution in [3.63, 3.8) is 0 Å². The van der Waals surface area contributed by atoms with Crippen molar-refractivity contribution in [3.05, 3.63) is 11.1 Å². The molecule has 0 unspecified atom stereocenters. The Balaban J connectivity index is 3.61. The van der Waals surface area contributed by atoms with E-state index >= 15 is 0 Å². The molecule has 0 saturated heterocycles. The maximum absolute atomic E-state index is 11.0. The molecule has 0 spiro atoms. The zero-order valence-corrected chi connectivity index (χ0v) is 13.0. The molecule has 1 N–H and O–H groups in total. The van der Waals surface area contributed by atoms with Crippen LogP contribution in [0.2, 0.25) is 0 Å². The fraction of sp³-hybridized carbons (Fsp3) is 0.812. The van der Waals surface area contributed by atoms with Crippen LogP contribution in [0, 0.1) is 0 Å². The average molecular weight is 270 g/mol. The summed E-state index contributed by atoms with van der Waals surface area (Å²) in [5.74, 6) is -0.758. The van der Waals surface area contributed by atoms with Gasteiger partial charge in [-0.1, -0.05) is 31.8 Å². The molecule has 112 valence electrons. The zero-order chi connectivity index (χ0) is 14.7. The second-order valence-corrected chi connectivity index (χ2v) is 5.35. The number of rotatable bonds is 11. The van der Waals surface area contributed by atoms with Crippen LogP contribution in [0.15, 0.2) is 11.1 Å². The summed E-state index contributed by atoms with van der Waals surface area (Å²) in [5.41, 5.74) is 1.63. The molecule has 0 aliphatic heterocycles. The van der Waals surface area contributed by atoms with Crippen molar-refractivity contribution < 1.29 is 14.6 Å². The Morgan fingerprint density at radius 1 is 1.11 bits per heavy atom. The van der Waals surface area contributed by atoms with Crippen LogP contribution in [0.1, 0.15) is 72.6 Å². The highest BCUT2D eigenvalue weighted by molar-refractivity contribution is 5.87. The molecule has 0 aliphatic rings. The first-order valence-electron chi connectivity index (χ1n) is 7.52. The largest absolute Gasteiger partial charge is 0.478 e. The summed E-state index contributed by atoms with van der Waals surface area (Å²) in [5, 5.41) is 9.02. The van der Waals surface area contributed by atoms with Crippen molar-refractivity contribution in [1.82, 2.24) is 0 Å². The van der Waals surface area contributed by atoms with Crippen LogP contribution in [0.4, 0.5) is 0 Å². The number of hydrogen-bond acceptors (Lipinski definition) is 2. The molecule has 0 aliphatic carbocycles.